The van der Waals surface area contributed by atoms with Crippen LogP contribution in [0.25, 0.3) is 0 Å². The van der Waals surface area contributed by atoms with E-state index in [1.54, 1.807) is 12.1 Å². The predicted octanol–water partition coefficient (Wildman–Crippen LogP) is 4.63. The molecule has 0 unspecified atom stereocenters. The molecule has 0 fully saturated rings. The maximum absolute atomic E-state index is 13.2. The fourth-order valence-corrected chi connectivity index (χ4v) is 5.45. The van der Waals surface area contributed by atoms with Crippen LogP contribution in [-0.2, 0) is 21.1 Å². The van der Waals surface area contributed by atoms with E-state index in [2.05, 4.69) is 10.6 Å². The first-order valence-corrected chi connectivity index (χ1v) is 12.8. The normalized spacial score (nSPS) is 12.6. The number of nitrogens with one attached hydrogen (secondary N) is 2. The number of benzene rings is 3. The lowest BCUT2D eigenvalue weighted by atomic mass is 10.0. The van der Waals surface area contributed by atoms with Gasteiger partial charge < -0.3 is 10.6 Å². The lowest BCUT2D eigenvalue weighted by Crippen LogP contribution is -2.45. The standard InChI is InChI=1S/C27H29FN2O4S/c1-27(2,3)18-35(33,34)23-11-7-10-22(17-23)29-26(32)24(16-19-8-5-4-6-9-19)30-25(31)20-12-14-21(28)15-13-20/h4-15,17,24H,16,18H2,1-3H3,(H,29,32)(H,30,31)/t24-/m0/s1. The van der Waals surface area contributed by atoms with E-state index in [4.69, 9.17) is 0 Å². The van der Waals surface area contributed by atoms with Crippen molar-refractivity contribution in [3.63, 3.8) is 0 Å². The molecule has 184 valence electrons. The van der Waals surface area contributed by atoms with E-state index in [-0.39, 0.29) is 22.6 Å². The van der Waals surface area contributed by atoms with E-state index in [1.807, 2.05) is 51.1 Å². The Labute approximate surface area is 205 Å². The minimum atomic E-state index is -3.56. The van der Waals surface area contributed by atoms with Crippen LogP contribution in [0.3, 0.4) is 0 Å². The summed E-state index contributed by atoms with van der Waals surface area (Å²) in [5.74, 6) is -1.54. The highest BCUT2D eigenvalue weighted by molar-refractivity contribution is 7.91. The zero-order valence-electron chi connectivity index (χ0n) is 19.9. The summed E-state index contributed by atoms with van der Waals surface area (Å²) in [6.07, 6.45) is 0.210. The molecule has 3 aromatic carbocycles. The highest BCUT2D eigenvalue weighted by Crippen LogP contribution is 2.24. The highest BCUT2D eigenvalue weighted by Gasteiger charge is 2.25. The number of rotatable bonds is 8. The zero-order chi connectivity index (χ0) is 25.6. The van der Waals surface area contributed by atoms with Gasteiger partial charge in [0.2, 0.25) is 5.91 Å². The summed E-state index contributed by atoms with van der Waals surface area (Å²) < 4.78 is 38.8. The summed E-state index contributed by atoms with van der Waals surface area (Å²) in [4.78, 5) is 26.0. The minimum Gasteiger partial charge on any atom is -0.340 e. The van der Waals surface area contributed by atoms with Gasteiger partial charge >= 0.3 is 0 Å². The van der Waals surface area contributed by atoms with Crippen molar-refractivity contribution in [1.82, 2.24) is 5.32 Å². The predicted molar refractivity (Wildman–Crippen MR) is 134 cm³/mol. The van der Waals surface area contributed by atoms with Gasteiger partial charge in [0, 0.05) is 17.7 Å². The van der Waals surface area contributed by atoms with Crippen molar-refractivity contribution in [2.75, 3.05) is 11.1 Å². The summed E-state index contributed by atoms with van der Waals surface area (Å²) in [5, 5.41) is 5.43. The second kappa shape index (κ2) is 10.8. The molecule has 2 amide bonds. The number of hydrogen-bond donors (Lipinski definition) is 2. The number of sulfone groups is 1. The number of halogens is 1. The summed E-state index contributed by atoms with van der Waals surface area (Å²) in [6.45, 7) is 5.52. The van der Waals surface area contributed by atoms with Crippen molar-refractivity contribution in [1.29, 1.82) is 0 Å². The quantitative estimate of drug-likeness (QED) is 0.476. The van der Waals surface area contributed by atoms with E-state index < -0.39 is 38.9 Å². The van der Waals surface area contributed by atoms with Gasteiger partial charge in [-0.2, -0.15) is 0 Å². The SMILES string of the molecule is CC(C)(C)CS(=O)(=O)c1cccc(NC(=O)[C@H](Cc2ccccc2)NC(=O)c2ccc(F)cc2)c1. The Kier molecular flexibility index (Phi) is 8.07. The summed E-state index contributed by atoms with van der Waals surface area (Å²) >= 11 is 0. The van der Waals surface area contributed by atoms with Gasteiger partial charge in [-0.05, 0) is 53.4 Å². The number of carbonyl (C=O) groups is 2. The molecule has 0 saturated carbocycles. The lowest BCUT2D eigenvalue weighted by Gasteiger charge is -2.20. The Hall–Kier alpha value is -3.52. The van der Waals surface area contributed by atoms with Crippen LogP contribution in [0.2, 0.25) is 0 Å². The third-order valence-corrected chi connectivity index (χ3v) is 7.31. The molecular weight excluding hydrogens is 467 g/mol. The summed E-state index contributed by atoms with van der Waals surface area (Å²) in [6, 6.07) is 19.3. The van der Waals surface area contributed by atoms with E-state index in [0.29, 0.717) is 5.69 Å². The smallest absolute Gasteiger partial charge is 0.251 e. The van der Waals surface area contributed by atoms with Crippen molar-refractivity contribution >= 4 is 27.3 Å². The molecule has 2 N–H and O–H groups in total. The molecule has 1 atom stereocenters. The molecule has 0 aromatic heterocycles. The molecule has 0 aliphatic carbocycles. The molecule has 0 aliphatic rings. The van der Waals surface area contributed by atoms with Crippen molar-refractivity contribution < 1.29 is 22.4 Å². The first kappa shape index (κ1) is 26.1. The lowest BCUT2D eigenvalue weighted by molar-refractivity contribution is -0.118. The minimum absolute atomic E-state index is 0.0399. The average molecular weight is 497 g/mol. The Bertz CT molecular complexity index is 1280. The van der Waals surface area contributed by atoms with Crippen molar-refractivity contribution in [2.24, 2.45) is 5.41 Å². The van der Waals surface area contributed by atoms with Crippen LogP contribution in [0.1, 0.15) is 36.7 Å². The van der Waals surface area contributed by atoms with Crippen LogP contribution in [0.4, 0.5) is 10.1 Å². The Morgan fingerprint density at radius 3 is 2.20 bits per heavy atom. The molecule has 0 radical (unpaired) electrons. The van der Waals surface area contributed by atoms with Crippen molar-refractivity contribution in [3.8, 4) is 0 Å². The highest BCUT2D eigenvalue weighted by atomic mass is 32.2. The second-order valence-electron chi connectivity index (χ2n) is 9.56. The van der Waals surface area contributed by atoms with Gasteiger partial charge in [-0.1, -0.05) is 57.2 Å². The largest absolute Gasteiger partial charge is 0.340 e. The number of amides is 2. The number of anilines is 1. The van der Waals surface area contributed by atoms with Crippen LogP contribution >= 0.6 is 0 Å². The van der Waals surface area contributed by atoms with Crippen LogP contribution in [0.15, 0.2) is 83.8 Å². The fourth-order valence-electron chi connectivity index (χ4n) is 3.55. The van der Waals surface area contributed by atoms with Gasteiger partial charge in [-0.3, -0.25) is 9.59 Å². The maximum Gasteiger partial charge on any atom is 0.251 e. The van der Waals surface area contributed by atoms with Gasteiger partial charge in [0.15, 0.2) is 9.84 Å². The molecule has 8 heteroatoms. The molecule has 6 nitrogen and oxygen atoms in total. The molecule has 0 bridgehead atoms. The van der Waals surface area contributed by atoms with E-state index in [0.717, 1.165) is 5.56 Å². The average Bonchev–Trinajstić information content (AvgIpc) is 2.78. The maximum atomic E-state index is 13.2. The van der Waals surface area contributed by atoms with Gasteiger partial charge in [0.1, 0.15) is 11.9 Å². The van der Waals surface area contributed by atoms with Crippen LogP contribution in [0.5, 0.6) is 0 Å². The zero-order valence-corrected chi connectivity index (χ0v) is 20.7. The van der Waals surface area contributed by atoms with Crippen molar-refractivity contribution in [2.45, 2.75) is 38.1 Å². The van der Waals surface area contributed by atoms with Crippen LogP contribution in [0, 0.1) is 11.2 Å². The van der Waals surface area contributed by atoms with Gasteiger partial charge in [0.25, 0.3) is 5.91 Å². The molecule has 35 heavy (non-hydrogen) atoms. The second-order valence-corrected chi connectivity index (χ2v) is 11.5. The first-order chi connectivity index (χ1) is 16.4. The molecule has 0 heterocycles. The monoisotopic (exact) mass is 496 g/mol. The van der Waals surface area contributed by atoms with Crippen LogP contribution < -0.4 is 10.6 Å². The molecule has 3 rings (SSSR count). The number of carbonyl (C=O) groups excluding carboxylic acids is 2. The molecule has 3 aromatic rings. The Morgan fingerprint density at radius 1 is 0.914 bits per heavy atom. The number of hydrogen-bond acceptors (Lipinski definition) is 4. The molecule has 0 aliphatic heterocycles. The van der Waals surface area contributed by atoms with Crippen LogP contribution in [-0.4, -0.2) is 32.0 Å². The van der Waals surface area contributed by atoms with E-state index in [9.17, 15) is 22.4 Å². The van der Waals surface area contributed by atoms with Gasteiger partial charge in [-0.25, -0.2) is 12.8 Å². The topological polar surface area (TPSA) is 92.3 Å². The van der Waals surface area contributed by atoms with Gasteiger partial charge in [0.05, 0.1) is 10.6 Å². The third-order valence-electron chi connectivity index (χ3n) is 5.09. The summed E-state index contributed by atoms with van der Waals surface area (Å²) in [5.41, 5.74) is 0.920. The molecule has 0 saturated heterocycles. The Morgan fingerprint density at radius 2 is 1.57 bits per heavy atom. The fraction of sp³-hybridized carbons (Fsp3) is 0.259. The molecular formula is C27H29FN2O4S. The van der Waals surface area contributed by atoms with E-state index >= 15 is 0 Å². The third kappa shape index (κ3) is 7.75. The van der Waals surface area contributed by atoms with Crippen molar-refractivity contribution in [3.05, 3.63) is 95.8 Å². The molecule has 0 spiro atoms. The van der Waals surface area contributed by atoms with Gasteiger partial charge in [-0.15, -0.1) is 0 Å². The summed E-state index contributed by atoms with van der Waals surface area (Å²) in [7, 11) is -3.56. The first-order valence-electron chi connectivity index (χ1n) is 11.2. The Balaban J connectivity index is 1.82. The van der Waals surface area contributed by atoms with E-state index in [1.165, 1.54) is 36.4 Å².